The molecular formula is C24H17N7. The number of rotatable bonds is 4. The minimum atomic E-state index is 0.505. The number of aromatic nitrogens is 7. The summed E-state index contributed by atoms with van der Waals surface area (Å²) in [6, 6.07) is 19.3. The Labute approximate surface area is 179 Å². The van der Waals surface area contributed by atoms with Crippen LogP contribution in [-0.2, 0) is 0 Å². The van der Waals surface area contributed by atoms with Crippen LogP contribution in [0.2, 0.25) is 0 Å². The lowest BCUT2D eigenvalue weighted by Crippen LogP contribution is -2.01. The molecule has 0 bridgehead atoms. The van der Waals surface area contributed by atoms with E-state index in [-0.39, 0.29) is 0 Å². The van der Waals surface area contributed by atoms with Crippen LogP contribution in [0.5, 0.6) is 0 Å². The van der Waals surface area contributed by atoms with Gasteiger partial charge in [-0.1, -0.05) is 12.1 Å². The molecule has 0 amide bonds. The smallest absolute Gasteiger partial charge is 0.182 e. The van der Waals surface area contributed by atoms with Crippen LogP contribution in [0.1, 0.15) is 5.82 Å². The lowest BCUT2D eigenvalue weighted by atomic mass is 10.1. The number of hydrogen-bond donors (Lipinski definition) is 0. The lowest BCUT2D eigenvalue weighted by molar-refractivity contribution is 0.975. The van der Waals surface area contributed by atoms with Crippen LogP contribution in [0, 0.1) is 6.92 Å². The Morgan fingerprint density at radius 1 is 0.484 bits per heavy atom. The molecule has 0 spiro atoms. The molecule has 5 heterocycles. The van der Waals surface area contributed by atoms with Gasteiger partial charge in [-0.05, 0) is 55.5 Å². The summed E-state index contributed by atoms with van der Waals surface area (Å²) in [5.74, 6) is 1.61. The van der Waals surface area contributed by atoms with Gasteiger partial charge in [0.15, 0.2) is 11.6 Å². The minimum Gasteiger partial charge on any atom is -0.256 e. The van der Waals surface area contributed by atoms with Crippen LogP contribution in [0.15, 0.2) is 85.5 Å². The number of nitrogens with zero attached hydrogens (tertiary/aromatic N) is 7. The molecule has 0 aliphatic rings. The van der Waals surface area contributed by atoms with Crippen molar-refractivity contribution in [3.63, 3.8) is 0 Å². The van der Waals surface area contributed by atoms with Crippen molar-refractivity contribution >= 4 is 0 Å². The van der Waals surface area contributed by atoms with Crippen molar-refractivity contribution in [2.75, 3.05) is 0 Å². The largest absolute Gasteiger partial charge is 0.256 e. The van der Waals surface area contributed by atoms with E-state index in [9.17, 15) is 0 Å². The molecule has 0 atom stereocenters. The van der Waals surface area contributed by atoms with Gasteiger partial charge in [-0.2, -0.15) is 0 Å². The summed E-state index contributed by atoms with van der Waals surface area (Å²) >= 11 is 0. The van der Waals surface area contributed by atoms with Crippen molar-refractivity contribution in [3.05, 3.63) is 91.3 Å². The van der Waals surface area contributed by atoms with Gasteiger partial charge in [0.25, 0.3) is 0 Å². The van der Waals surface area contributed by atoms with Gasteiger partial charge in [-0.25, -0.2) is 15.0 Å². The molecule has 5 aromatic rings. The quantitative estimate of drug-likeness (QED) is 0.438. The van der Waals surface area contributed by atoms with Crippen molar-refractivity contribution < 1.29 is 0 Å². The zero-order chi connectivity index (χ0) is 21.0. The second-order valence-electron chi connectivity index (χ2n) is 6.82. The molecule has 0 fully saturated rings. The molecule has 0 saturated heterocycles. The van der Waals surface area contributed by atoms with Gasteiger partial charge in [-0.15, -0.1) is 0 Å². The zero-order valence-corrected chi connectivity index (χ0v) is 16.7. The number of pyridine rings is 4. The first-order chi connectivity index (χ1) is 15.3. The molecule has 0 N–H and O–H groups in total. The van der Waals surface area contributed by atoms with E-state index in [1.54, 1.807) is 24.8 Å². The molecule has 0 unspecified atom stereocenters. The molecule has 7 nitrogen and oxygen atoms in total. The Morgan fingerprint density at radius 2 is 1.00 bits per heavy atom. The highest BCUT2D eigenvalue weighted by Gasteiger charge is 2.11. The SMILES string of the molecule is Cc1nc(-c2ccc(-c3ccccn3)cn2)nc(-c2ccc(-c3ccccn3)cn2)n1. The Bertz CT molecular complexity index is 1200. The molecule has 0 aromatic carbocycles. The van der Waals surface area contributed by atoms with Crippen molar-refractivity contribution in [2.24, 2.45) is 0 Å². The zero-order valence-electron chi connectivity index (χ0n) is 16.7. The predicted octanol–water partition coefficient (Wildman–Crippen LogP) is 4.43. The fourth-order valence-corrected chi connectivity index (χ4v) is 3.13. The van der Waals surface area contributed by atoms with Gasteiger partial charge < -0.3 is 0 Å². The van der Waals surface area contributed by atoms with Crippen LogP contribution < -0.4 is 0 Å². The Hall–Kier alpha value is -4.39. The van der Waals surface area contributed by atoms with E-state index in [1.165, 1.54) is 0 Å². The molecular weight excluding hydrogens is 386 g/mol. The molecule has 31 heavy (non-hydrogen) atoms. The third kappa shape index (κ3) is 4.02. The highest BCUT2D eigenvalue weighted by atomic mass is 15.1. The van der Waals surface area contributed by atoms with E-state index in [4.69, 9.17) is 0 Å². The van der Waals surface area contributed by atoms with E-state index in [2.05, 4.69) is 34.9 Å². The first kappa shape index (κ1) is 18.6. The lowest BCUT2D eigenvalue weighted by Gasteiger charge is -2.06. The molecule has 5 rings (SSSR count). The van der Waals surface area contributed by atoms with E-state index < -0.39 is 0 Å². The Morgan fingerprint density at radius 3 is 1.39 bits per heavy atom. The average Bonchev–Trinajstić information content (AvgIpc) is 2.85. The summed E-state index contributed by atoms with van der Waals surface area (Å²) in [5.41, 5.74) is 4.93. The molecule has 0 saturated carbocycles. The standard InChI is InChI=1S/C24H17N7/c1-16-29-23(21-10-8-17(14-27-21)19-6-2-4-12-25-19)31-24(30-16)22-11-9-18(15-28-22)20-7-3-5-13-26-20/h2-15H,1H3. The monoisotopic (exact) mass is 403 g/mol. The average molecular weight is 403 g/mol. The number of aryl methyl sites for hydroxylation is 1. The summed E-state index contributed by atoms with van der Waals surface area (Å²) in [5, 5.41) is 0. The number of hydrogen-bond acceptors (Lipinski definition) is 7. The normalized spacial score (nSPS) is 10.7. The maximum absolute atomic E-state index is 4.60. The minimum absolute atomic E-state index is 0.505. The Kier molecular flexibility index (Phi) is 4.90. The van der Waals surface area contributed by atoms with E-state index in [0.29, 0.717) is 28.9 Å². The highest BCUT2D eigenvalue weighted by Crippen LogP contribution is 2.22. The summed E-state index contributed by atoms with van der Waals surface area (Å²) in [4.78, 5) is 31.3. The molecule has 0 aliphatic heterocycles. The first-order valence-corrected chi connectivity index (χ1v) is 9.74. The van der Waals surface area contributed by atoms with Gasteiger partial charge in [0.1, 0.15) is 17.2 Å². The van der Waals surface area contributed by atoms with Gasteiger partial charge in [0, 0.05) is 35.9 Å². The molecule has 148 valence electrons. The topological polar surface area (TPSA) is 90.2 Å². The molecule has 0 radical (unpaired) electrons. The van der Waals surface area contributed by atoms with Crippen molar-refractivity contribution in [1.29, 1.82) is 0 Å². The second kappa shape index (κ2) is 8.16. The molecule has 0 aliphatic carbocycles. The van der Waals surface area contributed by atoms with Crippen LogP contribution in [0.4, 0.5) is 0 Å². The third-order valence-electron chi connectivity index (χ3n) is 4.65. The van der Waals surface area contributed by atoms with E-state index in [0.717, 1.165) is 22.5 Å². The maximum Gasteiger partial charge on any atom is 0.182 e. The highest BCUT2D eigenvalue weighted by molar-refractivity contribution is 5.64. The van der Waals surface area contributed by atoms with Gasteiger partial charge in [0.2, 0.25) is 0 Å². The fourth-order valence-electron chi connectivity index (χ4n) is 3.13. The van der Waals surface area contributed by atoms with E-state index >= 15 is 0 Å². The fraction of sp³-hybridized carbons (Fsp3) is 0.0417. The van der Waals surface area contributed by atoms with E-state index in [1.807, 2.05) is 67.6 Å². The van der Waals surface area contributed by atoms with Crippen molar-refractivity contribution in [2.45, 2.75) is 6.92 Å². The van der Waals surface area contributed by atoms with Gasteiger partial charge >= 0.3 is 0 Å². The molecule has 5 aromatic heterocycles. The van der Waals surface area contributed by atoms with Crippen LogP contribution in [-0.4, -0.2) is 34.9 Å². The van der Waals surface area contributed by atoms with Crippen molar-refractivity contribution in [1.82, 2.24) is 34.9 Å². The van der Waals surface area contributed by atoms with Gasteiger partial charge in [0.05, 0.1) is 11.4 Å². The summed E-state index contributed by atoms with van der Waals surface area (Å²) < 4.78 is 0. The summed E-state index contributed by atoms with van der Waals surface area (Å²) in [7, 11) is 0. The van der Waals surface area contributed by atoms with Crippen molar-refractivity contribution in [3.8, 4) is 45.6 Å². The van der Waals surface area contributed by atoms with Crippen LogP contribution in [0.3, 0.4) is 0 Å². The third-order valence-corrected chi connectivity index (χ3v) is 4.65. The van der Waals surface area contributed by atoms with Gasteiger partial charge in [-0.3, -0.25) is 19.9 Å². The second-order valence-corrected chi connectivity index (χ2v) is 6.82. The van der Waals surface area contributed by atoms with Crippen LogP contribution in [0.25, 0.3) is 45.6 Å². The predicted molar refractivity (Wildman–Crippen MR) is 117 cm³/mol. The molecule has 7 heteroatoms. The maximum atomic E-state index is 4.60. The Balaban J connectivity index is 1.45. The summed E-state index contributed by atoms with van der Waals surface area (Å²) in [6.07, 6.45) is 7.07. The van der Waals surface area contributed by atoms with Crippen LogP contribution >= 0.6 is 0 Å². The first-order valence-electron chi connectivity index (χ1n) is 9.74. The summed E-state index contributed by atoms with van der Waals surface area (Å²) in [6.45, 7) is 1.83.